The predicted molar refractivity (Wildman–Crippen MR) is 131 cm³/mol. The molecule has 0 aromatic heterocycles. The predicted octanol–water partition coefficient (Wildman–Crippen LogP) is 3.96. The van der Waals surface area contributed by atoms with E-state index in [4.69, 9.17) is 4.74 Å². The van der Waals surface area contributed by atoms with Crippen molar-refractivity contribution < 1.29 is 23.9 Å². The van der Waals surface area contributed by atoms with Crippen LogP contribution < -0.4 is 14.5 Å². The highest BCUT2D eigenvalue weighted by atomic mass is 16.5. The first-order valence-electron chi connectivity index (χ1n) is 12.0. The van der Waals surface area contributed by atoms with Crippen molar-refractivity contribution in [3.8, 4) is 5.75 Å². The Bertz CT molecular complexity index is 1230. The third kappa shape index (κ3) is 3.95. The van der Waals surface area contributed by atoms with E-state index < -0.39 is 11.9 Å². The summed E-state index contributed by atoms with van der Waals surface area (Å²) < 4.78 is 5.56. The van der Waals surface area contributed by atoms with Crippen LogP contribution in [0.5, 0.6) is 5.75 Å². The van der Waals surface area contributed by atoms with Crippen LogP contribution in [0.3, 0.4) is 0 Å². The number of fused-ring (bicyclic) bond motifs is 1. The van der Waals surface area contributed by atoms with Crippen LogP contribution in [0.15, 0.2) is 54.6 Å². The molecule has 2 aromatic carbocycles. The fraction of sp³-hybridized carbons (Fsp3) is 0.357. The molecule has 3 aliphatic rings. The summed E-state index contributed by atoms with van der Waals surface area (Å²) >= 11 is 0. The van der Waals surface area contributed by atoms with Crippen LogP contribution in [0.4, 0.5) is 11.4 Å². The number of imide groups is 1. The lowest BCUT2D eigenvalue weighted by molar-refractivity contribution is -0.139. The second-order valence-electron chi connectivity index (χ2n) is 9.73. The van der Waals surface area contributed by atoms with Crippen molar-refractivity contribution in [3.05, 3.63) is 65.7 Å². The molecule has 2 saturated heterocycles. The topological polar surface area (TPSA) is 84.0 Å². The number of aryl methyl sites for hydroxylation is 2. The maximum atomic E-state index is 13.0. The zero-order chi connectivity index (χ0) is 24.9. The molecule has 7 nitrogen and oxygen atoms in total. The lowest BCUT2D eigenvalue weighted by atomic mass is 9.78. The number of para-hydroxylation sites is 1. The molecule has 2 heterocycles. The van der Waals surface area contributed by atoms with Crippen LogP contribution in [0.1, 0.15) is 30.9 Å². The van der Waals surface area contributed by atoms with E-state index in [1.165, 1.54) is 4.90 Å². The zero-order valence-electron chi connectivity index (χ0n) is 20.1. The molecule has 0 spiro atoms. The number of carbonyl (C=O) groups is 4. The fourth-order valence-electron chi connectivity index (χ4n) is 5.58. The van der Waals surface area contributed by atoms with E-state index in [9.17, 15) is 19.2 Å². The first kappa shape index (κ1) is 23.0. The smallest absolute Gasteiger partial charge is 0.316 e. The van der Waals surface area contributed by atoms with Gasteiger partial charge in [-0.05, 0) is 61.6 Å². The second-order valence-corrected chi connectivity index (χ2v) is 9.73. The van der Waals surface area contributed by atoms with Crippen molar-refractivity contribution in [2.45, 2.75) is 33.6 Å². The fourth-order valence-corrected chi connectivity index (χ4v) is 5.58. The number of anilines is 2. The van der Waals surface area contributed by atoms with Crippen LogP contribution in [0.2, 0.25) is 0 Å². The average Bonchev–Trinajstić information content (AvgIpc) is 3.32. The van der Waals surface area contributed by atoms with E-state index in [1.54, 1.807) is 29.2 Å². The van der Waals surface area contributed by atoms with Crippen molar-refractivity contribution in [1.82, 2.24) is 0 Å². The van der Waals surface area contributed by atoms with Gasteiger partial charge in [0.1, 0.15) is 5.75 Å². The molecule has 3 amide bonds. The molecule has 2 aromatic rings. The lowest BCUT2D eigenvalue weighted by Gasteiger charge is -2.22. The summed E-state index contributed by atoms with van der Waals surface area (Å²) in [5, 5.41) is 0. The maximum Gasteiger partial charge on any atom is 0.316 e. The van der Waals surface area contributed by atoms with Crippen molar-refractivity contribution in [2.75, 3.05) is 16.3 Å². The highest BCUT2D eigenvalue weighted by Crippen LogP contribution is 2.40. The molecule has 0 saturated carbocycles. The van der Waals surface area contributed by atoms with E-state index in [2.05, 4.69) is 0 Å². The van der Waals surface area contributed by atoms with Gasteiger partial charge in [0.05, 0.1) is 23.4 Å². The largest absolute Gasteiger partial charge is 0.426 e. The summed E-state index contributed by atoms with van der Waals surface area (Å²) in [6.45, 7) is 6.13. The minimum Gasteiger partial charge on any atom is -0.426 e. The molecule has 5 rings (SSSR count). The highest BCUT2D eigenvalue weighted by molar-refractivity contribution is 6.22. The monoisotopic (exact) mass is 472 g/mol. The van der Waals surface area contributed by atoms with E-state index >= 15 is 0 Å². The minimum absolute atomic E-state index is 0.0209. The van der Waals surface area contributed by atoms with Crippen LogP contribution in [0.25, 0.3) is 0 Å². The molecule has 0 unspecified atom stereocenters. The Hall–Kier alpha value is -3.74. The maximum absolute atomic E-state index is 13.0. The van der Waals surface area contributed by atoms with Gasteiger partial charge in [0.25, 0.3) is 0 Å². The summed E-state index contributed by atoms with van der Waals surface area (Å²) in [4.78, 5) is 54.3. The Morgan fingerprint density at radius 2 is 1.66 bits per heavy atom. The van der Waals surface area contributed by atoms with Crippen molar-refractivity contribution in [2.24, 2.45) is 23.7 Å². The van der Waals surface area contributed by atoms with E-state index in [0.717, 1.165) is 16.8 Å². The molecular formula is C28H28N2O5. The SMILES string of the molecule is Cc1cccc(C)c1N1C[C@H](C(=O)Oc2ccc(N3C(=O)[C@H]4[C@@H](C)C=CC[C@H]4C3=O)cc2)CC1=O. The minimum atomic E-state index is -0.569. The van der Waals surface area contributed by atoms with Gasteiger partial charge in [-0.1, -0.05) is 37.3 Å². The number of allylic oxidation sites excluding steroid dienone is 2. The number of amides is 3. The lowest BCUT2D eigenvalue weighted by Crippen LogP contribution is -2.31. The number of nitrogens with zero attached hydrogens (tertiary/aromatic N) is 2. The van der Waals surface area contributed by atoms with E-state index in [-0.39, 0.29) is 48.4 Å². The third-order valence-electron chi connectivity index (χ3n) is 7.35. The first-order valence-corrected chi connectivity index (χ1v) is 12.0. The molecule has 0 bridgehead atoms. The Morgan fingerprint density at radius 3 is 2.31 bits per heavy atom. The van der Waals surface area contributed by atoms with Gasteiger partial charge >= 0.3 is 5.97 Å². The number of rotatable bonds is 4. The van der Waals surface area contributed by atoms with Crippen LogP contribution >= 0.6 is 0 Å². The summed E-state index contributed by atoms with van der Waals surface area (Å²) in [6.07, 6.45) is 4.63. The summed E-state index contributed by atoms with van der Waals surface area (Å²) in [7, 11) is 0. The second kappa shape index (κ2) is 8.80. The molecule has 1 aliphatic carbocycles. The molecule has 7 heteroatoms. The number of benzene rings is 2. The number of hydrogen-bond acceptors (Lipinski definition) is 5. The standard InChI is InChI=1S/C28H28N2O5/c1-16-6-5-9-22-24(16)27(33)30(26(22)32)20-10-12-21(13-11-20)35-28(34)19-14-23(31)29(15-19)25-17(2)7-4-8-18(25)3/h4-8,10-13,16,19,22,24H,9,14-15H2,1-3H3/t16-,19+,22+,24-/m0/s1. The first-order chi connectivity index (χ1) is 16.8. The van der Waals surface area contributed by atoms with Crippen LogP contribution in [-0.2, 0) is 19.2 Å². The Morgan fingerprint density at radius 1 is 0.971 bits per heavy atom. The van der Waals surface area contributed by atoms with Gasteiger partial charge in [0.2, 0.25) is 17.7 Å². The zero-order valence-corrected chi connectivity index (χ0v) is 20.1. The van der Waals surface area contributed by atoms with Gasteiger partial charge in [-0.15, -0.1) is 0 Å². The van der Waals surface area contributed by atoms with Crippen molar-refractivity contribution in [1.29, 1.82) is 0 Å². The van der Waals surface area contributed by atoms with Gasteiger partial charge in [-0.2, -0.15) is 0 Å². The molecule has 0 radical (unpaired) electrons. The van der Waals surface area contributed by atoms with Crippen LogP contribution in [-0.4, -0.2) is 30.2 Å². The Balaban J connectivity index is 1.27. The Kier molecular flexibility index (Phi) is 5.79. The molecule has 2 aliphatic heterocycles. The van der Waals surface area contributed by atoms with Gasteiger partial charge in [-0.25, -0.2) is 0 Å². The van der Waals surface area contributed by atoms with Crippen LogP contribution in [0, 0.1) is 37.5 Å². The average molecular weight is 473 g/mol. The highest BCUT2D eigenvalue weighted by Gasteiger charge is 2.50. The third-order valence-corrected chi connectivity index (χ3v) is 7.35. The molecule has 180 valence electrons. The molecule has 4 atom stereocenters. The van der Waals surface area contributed by atoms with Gasteiger partial charge < -0.3 is 9.64 Å². The van der Waals surface area contributed by atoms with Gasteiger partial charge in [0.15, 0.2) is 0 Å². The number of carbonyl (C=O) groups excluding carboxylic acids is 4. The van der Waals surface area contributed by atoms with E-state index in [1.807, 2.05) is 51.1 Å². The summed E-state index contributed by atoms with van der Waals surface area (Å²) in [6, 6.07) is 12.2. The summed E-state index contributed by atoms with van der Waals surface area (Å²) in [5.74, 6) is -1.83. The Labute approximate surface area is 204 Å². The van der Waals surface area contributed by atoms with Gasteiger partial charge in [-0.3, -0.25) is 24.1 Å². The number of esters is 1. The molecule has 35 heavy (non-hydrogen) atoms. The van der Waals surface area contributed by atoms with Crippen molar-refractivity contribution in [3.63, 3.8) is 0 Å². The summed E-state index contributed by atoms with van der Waals surface area (Å²) in [5.41, 5.74) is 3.29. The number of ether oxygens (including phenoxy) is 1. The van der Waals surface area contributed by atoms with E-state index in [0.29, 0.717) is 17.9 Å². The number of hydrogen-bond donors (Lipinski definition) is 0. The van der Waals surface area contributed by atoms with Crippen molar-refractivity contribution >= 4 is 35.1 Å². The molecular weight excluding hydrogens is 444 g/mol. The normalized spacial score (nSPS) is 25.9. The molecule has 0 N–H and O–H groups in total. The molecule has 2 fully saturated rings. The van der Waals surface area contributed by atoms with Gasteiger partial charge in [0, 0.05) is 18.7 Å². The quantitative estimate of drug-likeness (QED) is 0.291.